The van der Waals surface area contributed by atoms with Gasteiger partial charge < -0.3 is 6.15 Å². The Labute approximate surface area is 129 Å². The summed E-state index contributed by atoms with van der Waals surface area (Å²) in [6.45, 7) is 0. The quantitative estimate of drug-likeness (QED) is 0.716. The molecule has 0 aliphatic heterocycles. The molecule has 0 atom stereocenters. The van der Waals surface area contributed by atoms with E-state index in [4.69, 9.17) is 4.28 Å². The van der Waals surface area contributed by atoms with Crippen LogP contribution in [0, 0.1) is 0 Å². The van der Waals surface area contributed by atoms with Gasteiger partial charge in [0, 0.05) is 5.39 Å². The lowest BCUT2D eigenvalue weighted by Crippen LogP contribution is -2.12. The minimum atomic E-state index is -3.90. The smallest absolute Gasteiger partial charge is 0.318 e. The average molecular weight is 316 g/mol. The predicted octanol–water partition coefficient (Wildman–Crippen LogP) is 3.73. The molecule has 3 rings (SSSR count). The third-order valence-corrected chi connectivity index (χ3v) is 4.26. The van der Waals surface area contributed by atoms with Gasteiger partial charge in [-0.1, -0.05) is 54.6 Å². The van der Waals surface area contributed by atoms with Crippen molar-refractivity contribution < 1.29 is 12.7 Å². The van der Waals surface area contributed by atoms with Crippen molar-refractivity contribution >= 4 is 26.6 Å². The predicted molar refractivity (Wildman–Crippen MR) is 87.3 cm³/mol. The Hall–Kier alpha value is -2.41. The normalized spacial score (nSPS) is 10.9. The SMILES string of the molecule is N.O=S(=O)(ONc1ccccc1)c1cccc2ccccc12. The fourth-order valence-electron chi connectivity index (χ4n) is 2.07. The highest BCUT2D eigenvalue weighted by Crippen LogP contribution is 2.24. The molecule has 6 heteroatoms. The first-order valence-electron chi connectivity index (χ1n) is 6.39. The second kappa shape index (κ2) is 6.57. The fraction of sp³-hybridized carbons (Fsp3) is 0. The second-order valence-electron chi connectivity index (χ2n) is 4.48. The third kappa shape index (κ3) is 3.25. The molecule has 0 aliphatic carbocycles. The monoisotopic (exact) mass is 316 g/mol. The Morgan fingerprint density at radius 3 is 2.18 bits per heavy atom. The summed E-state index contributed by atoms with van der Waals surface area (Å²) in [5.41, 5.74) is 3.03. The maximum Gasteiger partial charge on any atom is 0.318 e. The van der Waals surface area contributed by atoms with E-state index in [1.165, 1.54) is 6.07 Å². The first-order chi connectivity index (χ1) is 10.2. The first-order valence-corrected chi connectivity index (χ1v) is 7.80. The molecule has 0 heterocycles. The van der Waals surface area contributed by atoms with Crippen molar-refractivity contribution in [1.29, 1.82) is 0 Å². The van der Waals surface area contributed by atoms with Crippen molar-refractivity contribution in [1.82, 2.24) is 6.15 Å². The largest absolute Gasteiger partial charge is 0.344 e. The number of nitrogens with one attached hydrogen (secondary N) is 1. The van der Waals surface area contributed by atoms with Crippen LogP contribution < -0.4 is 11.6 Å². The van der Waals surface area contributed by atoms with Gasteiger partial charge in [-0.2, -0.15) is 8.42 Å². The molecule has 114 valence electrons. The Balaban J connectivity index is 0.00000176. The van der Waals surface area contributed by atoms with Gasteiger partial charge in [0.2, 0.25) is 0 Å². The van der Waals surface area contributed by atoms with E-state index in [0.717, 1.165) is 5.39 Å². The molecular formula is C16H16N2O3S. The Morgan fingerprint density at radius 2 is 1.41 bits per heavy atom. The number of para-hydroxylation sites is 1. The van der Waals surface area contributed by atoms with Crippen LogP contribution in [-0.4, -0.2) is 8.42 Å². The van der Waals surface area contributed by atoms with Crippen molar-refractivity contribution in [3.05, 3.63) is 72.8 Å². The van der Waals surface area contributed by atoms with Crippen molar-refractivity contribution in [3.8, 4) is 0 Å². The molecule has 0 saturated carbocycles. The highest BCUT2D eigenvalue weighted by molar-refractivity contribution is 7.87. The van der Waals surface area contributed by atoms with E-state index in [9.17, 15) is 8.42 Å². The van der Waals surface area contributed by atoms with E-state index in [1.54, 1.807) is 42.5 Å². The van der Waals surface area contributed by atoms with Crippen molar-refractivity contribution in [3.63, 3.8) is 0 Å². The highest BCUT2D eigenvalue weighted by Gasteiger charge is 2.18. The summed E-state index contributed by atoms with van der Waals surface area (Å²) in [7, 11) is -3.90. The number of anilines is 1. The third-order valence-electron chi connectivity index (χ3n) is 3.06. The summed E-state index contributed by atoms with van der Waals surface area (Å²) in [5.74, 6) is 0. The van der Waals surface area contributed by atoms with E-state index in [-0.39, 0.29) is 11.0 Å². The van der Waals surface area contributed by atoms with Crippen molar-refractivity contribution in [2.75, 3.05) is 5.48 Å². The Kier molecular flexibility index (Phi) is 4.77. The molecule has 3 aromatic carbocycles. The maximum atomic E-state index is 12.3. The van der Waals surface area contributed by atoms with E-state index < -0.39 is 10.1 Å². The fourth-order valence-corrected chi connectivity index (χ4v) is 3.06. The van der Waals surface area contributed by atoms with Gasteiger partial charge >= 0.3 is 10.1 Å². The molecule has 22 heavy (non-hydrogen) atoms. The van der Waals surface area contributed by atoms with E-state index in [0.29, 0.717) is 11.1 Å². The van der Waals surface area contributed by atoms with Gasteiger partial charge in [-0.25, -0.2) is 5.48 Å². The number of rotatable bonds is 4. The summed E-state index contributed by atoms with van der Waals surface area (Å²) in [6, 6.07) is 21.2. The van der Waals surface area contributed by atoms with Gasteiger partial charge in [-0.05, 0) is 23.6 Å². The van der Waals surface area contributed by atoms with E-state index in [1.807, 2.05) is 24.3 Å². The molecule has 0 radical (unpaired) electrons. The molecule has 4 N–H and O–H groups in total. The van der Waals surface area contributed by atoms with Crippen LogP contribution in [0.1, 0.15) is 0 Å². The second-order valence-corrected chi connectivity index (χ2v) is 6.00. The average Bonchev–Trinajstić information content (AvgIpc) is 2.53. The molecule has 0 aliphatic rings. The van der Waals surface area contributed by atoms with E-state index >= 15 is 0 Å². The van der Waals surface area contributed by atoms with Crippen molar-refractivity contribution in [2.45, 2.75) is 4.90 Å². The number of benzene rings is 3. The minimum Gasteiger partial charge on any atom is -0.344 e. The summed E-state index contributed by atoms with van der Waals surface area (Å²) in [6.07, 6.45) is 0. The highest BCUT2D eigenvalue weighted by atomic mass is 32.2. The molecule has 0 aromatic heterocycles. The summed E-state index contributed by atoms with van der Waals surface area (Å²) in [5, 5.41) is 1.48. The van der Waals surface area contributed by atoms with Crippen LogP contribution in [0.15, 0.2) is 77.7 Å². The van der Waals surface area contributed by atoms with Crippen LogP contribution in [0.3, 0.4) is 0 Å². The lowest BCUT2D eigenvalue weighted by molar-refractivity contribution is 0.391. The number of hydrogen-bond acceptors (Lipinski definition) is 5. The topological polar surface area (TPSA) is 90.4 Å². The molecule has 0 bridgehead atoms. The van der Waals surface area contributed by atoms with E-state index in [2.05, 4.69) is 5.48 Å². The molecule has 5 nitrogen and oxygen atoms in total. The van der Waals surface area contributed by atoms with Gasteiger partial charge in [-0.15, -0.1) is 4.28 Å². The van der Waals surface area contributed by atoms with Crippen LogP contribution in [0.25, 0.3) is 10.8 Å². The summed E-state index contributed by atoms with van der Waals surface area (Å²) >= 11 is 0. The lowest BCUT2D eigenvalue weighted by atomic mass is 10.1. The van der Waals surface area contributed by atoms with Crippen LogP contribution in [-0.2, 0) is 14.4 Å². The summed E-state index contributed by atoms with van der Waals surface area (Å²) < 4.78 is 29.6. The molecule has 0 spiro atoms. The van der Waals surface area contributed by atoms with Gasteiger partial charge in [0.15, 0.2) is 0 Å². The Bertz CT molecular complexity index is 859. The number of fused-ring (bicyclic) bond motifs is 1. The molecule has 3 aromatic rings. The van der Waals surface area contributed by atoms with Crippen LogP contribution in [0.4, 0.5) is 5.69 Å². The van der Waals surface area contributed by atoms with Gasteiger partial charge in [0.05, 0.1) is 5.69 Å². The standard InChI is InChI=1S/C16H13NO3S.H3N/c18-21(19,20-17-14-9-2-1-3-10-14)16-12-6-8-13-7-4-5-11-15(13)16;/h1-12,17H;1H3. The molecule has 0 amide bonds. The molecule has 0 unspecified atom stereocenters. The van der Waals surface area contributed by atoms with Crippen LogP contribution in [0.5, 0.6) is 0 Å². The maximum absolute atomic E-state index is 12.3. The molecule has 0 fully saturated rings. The van der Waals surface area contributed by atoms with Crippen LogP contribution in [0.2, 0.25) is 0 Å². The number of hydrogen-bond donors (Lipinski definition) is 2. The zero-order valence-electron chi connectivity index (χ0n) is 11.8. The Morgan fingerprint density at radius 1 is 0.773 bits per heavy atom. The minimum absolute atomic E-state index is 0. The van der Waals surface area contributed by atoms with Gasteiger partial charge in [0.1, 0.15) is 4.90 Å². The van der Waals surface area contributed by atoms with Crippen LogP contribution >= 0.6 is 0 Å². The summed E-state index contributed by atoms with van der Waals surface area (Å²) in [4.78, 5) is 0.143. The van der Waals surface area contributed by atoms with Gasteiger partial charge in [-0.3, -0.25) is 0 Å². The molecule has 0 saturated heterocycles. The zero-order valence-corrected chi connectivity index (χ0v) is 12.6. The zero-order chi connectivity index (χ0) is 14.7. The molecular weight excluding hydrogens is 300 g/mol. The lowest BCUT2D eigenvalue weighted by Gasteiger charge is -2.09. The first kappa shape index (κ1) is 16.0. The van der Waals surface area contributed by atoms with Crippen molar-refractivity contribution in [2.24, 2.45) is 0 Å². The van der Waals surface area contributed by atoms with Gasteiger partial charge in [0.25, 0.3) is 0 Å².